The van der Waals surface area contributed by atoms with E-state index < -0.39 is 0 Å². The van der Waals surface area contributed by atoms with Crippen LogP contribution in [0.15, 0.2) is 72.8 Å². The Kier molecular flexibility index (Phi) is 7.30. The summed E-state index contributed by atoms with van der Waals surface area (Å²) in [4.78, 5) is 18.9. The fourth-order valence-electron chi connectivity index (χ4n) is 4.31. The van der Waals surface area contributed by atoms with Gasteiger partial charge in [-0.2, -0.15) is 0 Å². The third-order valence-corrected chi connectivity index (χ3v) is 6.22. The summed E-state index contributed by atoms with van der Waals surface area (Å²) in [7, 11) is 4.13. The van der Waals surface area contributed by atoms with Crippen LogP contribution in [0.3, 0.4) is 0 Å². The van der Waals surface area contributed by atoms with E-state index in [2.05, 4.69) is 77.3 Å². The van der Waals surface area contributed by atoms with E-state index in [-0.39, 0.29) is 5.97 Å². The lowest BCUT2D eigenvalue weighted by Gasteiger charge is -2.36. The number of nitrogens with zero attached hydrogens (tertiary/aromatic N) is 3. The van der Waals surface area contributed by atoms with Crippen LogP contribution in [0.25, 0.3) is 11.1 Å². The van der Waals surface area contributed by atoms with E-state index in [0.29, 0.717) is 12.2 Å². The maximum Gasteiger partial charge on any atom is 0.338 e. The van der Waals surface area contributed by atoms with Gasteiger partial charge in [0.2, 0.25) is 0 Å². The van der Waals surface area contributed by atoms with E-state index in [9.17, 15) is 4.79 Å². The van der Waals surface area contributed by atoms with E-state index in [1.165, 1.54) is 22.4 Å². The summed E-state index contributed by atoms with van der Waals surface area (Å²) < 4.78 is 5.08. The van der Waals surface area contributed by atoms with Crippen molar-refractivity contribution in [3.8, 4) is 11.1 Å². The van der Waals surface area contributed by atoms with Gasteiger partial charge in [0.1, 0.15) is 0 Å². The summed E-state index contributed by atoms with van der Waals surface area (Å²) in [5, 5.41) is 0. The molecule has 4 rings (SSSR count). The monoisotopic (exact) mass is 443 g/mol. The third kappa shape index (κ3) is 5.55. The lowest BCUT2D eigenvalue weighted by Crippen LogP contribution is -2.46. The van der Waals surface area contributed by atoms with Crippen LogP contribution >= 0.6 is 0 Å². The summed E-state index contributed by atoms with van der Waals surface area (Å²) in [6, 6.07) is 25.3. The number of hydrogen-bond acceptors (Lipinski definition) is 5. The molecule has 1 saturated heterocycles. The molecule has 1 heterocycles. The van der Waals surface area contributed by atoms with E-state index in [1.54, 1.807) is 0 Å². The number of benzene rings is 3. The number of piperazine rings is 1. The highest BCUT2D eigenvalue weighted by Crippen LogP contribution is 2.27. The molecule has 0 aliphatic carbocycles. The molecule has 0 bridgehead atoms. The average Bonchev–Trinajstić information content (AvgIpc) is 2.85. The lowest BCUT2D eigenvalue weighted by atomic mass is 9.99. The molecule has 0 N–H and O–H groups in total. The Morgan fingerprint density at radius 1 is 0.879 bits per heavy atom. The van der Waals surface area contributed by atoms with Gasteiger partial charge in [-0.3, -0.25) is 4.90 Å². The standard InChI is InChI=1S/C28H33N3O2/c1-4-33-28(32)23-11-15-26(16-12-23)31-19-17-30(18-20-31)21-24-7-5-6-8-27(24)22-9-13-25(14-10-22)29(2)3/h5-16H,4,17-21H2,1-3H3. The van der Waals surface area contributed by atoms with Crippen molar-refractivity contribution in [2.75, 3.05) is 56.7 Å². The third-order valence-electron chi connectivity index (χ3n) is 6.22. The van der Waals surface area contributed by atoms with E-state index in [0.717, 1.165) is 38.4 Å². The molecule has 33 heavy (non-hydrogen) atoms. The molecule has 0 saturated carbocycles. The fraction of sp³-hybridized carbons (Fsp3) is 0.321. The lowest BCUT2D eigenvalue weighted by molar-refractivity contribution is 0.0526. The van der Waals surface area contributed by atoms with Crippen molar-refractivity contribution < 1.29 is 9.53 Å². The van der Waals surface area contributed by atoms with Crippen molar-refractivity contribution in [1.29, 1.82) is 0 Å². The van der Waals surface area contributed by atoms with Gasteiger partial charge in [0.05, 0.1) is 12.2 Å². The molecule has 5 nitrogen and oxygen atoms in total. The van der Waals surface area contributed by atoms with E-state index >= 15 is 0 Å². The van der Waals surface area contributed by atoms with Crippen LogP contribution in [-0.2, 0) is 11.3 Å². The number of carbonyl (C=O) groups excluding carboxylic acids is 1. The van der Waals surface area contributed by atoms with Gasteiger partial charge >= 0.3 is 5.97 Å². The molecule has 0 amide bonds. The Balaban J connectivity index is 1.38. The number of rotatable bonds is 7. The first-order valence-corrected chi connectivity index (χ1v) is 11.7. The van der Waals surface area contributed by atoms with Gasteiger partial charge in [0, 0.05) is 58.2 Å². The first kappa shape index (κ1) is 22.9. The van der Waals surface area contributed by atoms with Crippen LogP contribution in [0.2, 0.25) is 0 Å². The van der Waals surface area contributed by atoms with Gasteiger partial charge in [-0.1, -0.05) is 36.4 Å². The predicted molar refractivity (Wildman–Crippen MR) is 136 cm³/mol. The molecule has 1 aliphatic rings. The zero-order chi connectivity index (χ0) is 23.2. The molecular formula is C28H33N3O2. The first-order valence-electron chi connectivity index (χ1n) is 11.7. The number of carbonyl (C=O) groups is 1. The van der Waals surface area contributed by atoms with Gasteiger partial charge in [-0.25, -0.2) is 4.79 Å². The molecule has 0 aromatic heterocycles. The number of ether oxygens (including phenoxy) is 1. The molecule has 1 aliphatic heterocycles. The quantitative estimate of drug-likeness (QED) is 0.485. The molecule has 0 radical (unpaired) electrons. The Morgan fingerprint density at radius 2 is 1.55 bits per heavy atom. The molecule has 0 spiro atoms. The highest BCUT2D eigenvalue weighted by atomic mass is 16.5. The summed E-state index contributed by atoms with van der Waals surface area (Å²) >= 11 is 0. The molecule has 3 aromatic rings. The zero-order valence-corrected chi connectivity index (χ0v) is 19.8. The number of hydrogen-bond donors (Lipinski definition) is 0. The highest BCUT2D eigenvalue weighted by Gasteiger charge is 2.19. The maximum atomic E-state index is 11.9. The van der Waals surface area contributed by atoms with Crippen LogP contribution in [0.1, 0.15) is 22.8 Å². The van der Waals surface area contributed by atoms with Crippen molar-refractivity contribution in [2.45, 2.75) is 13.5 Å². The van der Waals surface area contributed by atoms with E-state index in [1.807, 2.05) is 31.2 Å². The largest absolute Gasteiger partial charge is 0.462 e. The highest BCUT2D eigenvalue weighted by molar-refractivity contribution is 5.89. The van der Waals surface area contributed by atoms with Crippen molar-refractivity contribution in [3.63, 3.8) is 0 Å². The fourth-order valence-corrected chi connectivity index (χ4v) is 4.31. The van der Waals surface area contributed by atoms with Crippen molar-refractivity contribution >= 4 is 17.3 Å². The SMILES string of the molecule is CCOC(=O)c1ccc(N2CCN(Cc3ccccc3-c3ccc(N(C)C)cc3)CC2)cc1. The minimum Gasteiger partial charge on any atom is -0.462 e. The van der Waals surface area contributed by atoms with Crippen molar-refractivity contribution in [2.24, 2.45) is 0 Å². The molecule has 172 valence electrons. The normalized spacial score (nSPS) is 14.2. The van der Waals surface area contributed by atoms with E-state index in [4.69, 9.17) is 4.74 Å². The molecule has 5 heteroatoms. The smallest absolute Gasteiger partial charge is 0.338 e. The van der Waals surface area contributed by atoms with Gasteiger partial charge in [0.25, 0.3) is 0 Å². The van der Waals surface area contributed by atoms with Gasteiger partial charge in [0.15, 0.2) is 0 Å². The molecule has 0 atom stereocenters. The Morgan fingerprint density at radius 3 is 2.18 bits per heavy atom. The van der Waals surface area contributed by atoms with Crippen LogP contribution in [0.5, 0.6) is 0 Å². The predicted octanol–water partition coefficient (Wildman–Crippen LogP) is 4.92. The average molecular weight is 444 g/mol. The summed E-state index contributed by atoms with van der Waals surface area (Å²) in [5.74, 6) is -0.260. The van der Waals surface area contributed by atoms with Gasteiger partial charge < -0.3 is 14.5 Å². The second-order valence-electron chi connectivity index (χ2n) is 8.63. The molecule has 0 unspecified atom stereocenters. The second-order valence-corrected chi connectivity index (χ2v) is 8.63. The van der Waals surface area contributed by atoms with Crippen molar-refractivity contribution in [3.05, 3.63) is 83.9 Å². The topological polar surface area (TPSA) is 36.0 Å². The van der Waals surface area contributed by atoms with Gasteiger partial charge in [-0.05, 0) is 60.0 Å². The van der Waals surface area contributed by atoms with Gasteiger partial charge in [-0.15, -0.1) is 0 Å². The van der Waals surface area contributed by atoms with Crippen molar-refractivity contribution in [1.82, 2.24) is 4.90 Å². The zero-order valence-electron chi connectivity index (χ0n) is 19.8. The summed E-state index contributed by atoms with van der Waals surface area (Å²) in [6.45, 7) is 7.12. The van der Waals surface area contributed by atoms with Crippen LogP contribution < -0.4 is 9.80 Å². The molecule has 1 fully saturated rings. The van der Waals surface area contributed by atoms with Crippen LogP contribution in [0.4, 0.5) is 11.4 Å². The molecular weight excluding hydrogens is 410 g/mol. The summed E-state index contributed by atoms with van der Waals surface area (Å²) in [6.07, 6.45) is 0. The Hall–Kier alpha value is -3.31. The summed E-state index contributed by atoms with van der Waals surface area (Å²) in [5.41, 5.74) is 6.90. The number of esters is 1. The number of anilines is 2. The van der Waals surface area contributed by atoms with Crippen LogP contribution in [-0.4, -0.2) is 57.8 Å². The minimum atomic E-state index is -0.260. The Labute approximate surface area is 197 Å². The maximum absolute atomic E-state index is 11.9. The minimum absolute atomic E-state index is 0.260. The second kappa shape index (κ2) is 10.5. The molecule has 3 aromatic carbocycles. The Bertz CT molecular complexity index is 1050. The van der Waals surface area contributed by atoms with Crippen LogP contribution in [0, 0.1) is 0 Å². The first-order chi connectivity index (χ1) is 16.0.